The number of carbonyl (C=O) groups excluding carboxylic acids is 1. The van der Waals surface area contributed by atoms with E-state index in [0.29, 0.717) is 5.03 Å². The fourth-order valence-electron chi connectivity index (χ4n) is 0.197. The van der Waals surface area contributed by atoms with Crippen LogP contribution in [0.15, 0.2) is 11.6 Å². The van der Waals surface area contributed by atoms with E-state index in [1.807, 2.05) is 0 Å². The van der Waals surface area contributed by atoms with Crippen molar-refractivity contribution in [2.45, 2.75) is 0 Å². The minimum absolute atomic E-state index is 0.0893. The van der Waals surface area contributed by atoms with Crippen molar-refractivity contribution in [3.8, 4) is 0 Å². The van der Waals surface area contributed by atoms with Crippen LogP contribution in [0.4, 0.5) is 0 Å². The first-order valence-corrected chi connectivity index (χ1v) is 3.71. The van der Waals surface area contributed by atoms with Crippen LogP contribution >= 0.6 is 27.5 Å². The van der Waals surface area contributed by atoms with E-state index in [2.05, 4.69) is 27.2 Å². The van der Waals surface area contributed by atoms with Crippen molar-refractivity contribution >= 4 is 33.5 Å². The number of halogens is 2. The summed E-state index contributed by atoms with van der Waals surface area (Å²) in [6.45, 7) is 3.42. The predicted molar refractivity (Wildman–Crippen MR) is 39.7 cm³/mol. The lowest BCUT2D eigenvalue weighted by Gasteiger charge is -1.97. The molecule has 0 heterocycles. The topological polar surface area (TPSA) is 26.3 Å². The van der Waals surface area contributed by atoms with Gasteiger partial charge >= 0.3 is 5.97 Å². The van der Waals surface area contributed by atoms with Gasteiger partial charge in [0, 0.05) is 5.03 Å². The molecule has 0 aliphatic heterocycles. The van der Waals surface area contributed by atoms with Crippen LogP contribution in [0, 0.1) is 0 Å². The van der Waals surface area contributed by atoms with Crippen molar-refractivity contribution in [2.75, 3.05) is 11.9 Å². The van der Waals surface area contributed by atoms with E-state index < -0.39 is 0 Å². The highest BCUT2D eigenvalue weighted by Gasteiger charge is 1.97. The molecular formula is C5H6BrClO2. The Labute approximate surface area is 67.0 Å². The van der Waals surface area contributed by atoms with E-state index in [1.54, 1.807) is 0 Å². The number of hydrogen-bond acceptors (Lipinski definition) is 2. The SMILES string of the molecule is C=C(Cl)COC(=O)CBr. The lowest BCUT2D eigenvalue weighted by Crippen LogP contribution is -2.05. The molecule has 0 N–H and O–H groups in total. The molecule has 0 atom stereocenters. The molecule has 0 spiro atoms. The molecule has 0 aromatic rings. The van der Waals surface area contributed by atoms with Crippen molar-refractivity contribution in [1.82, 2.24) is 0 Å². The number of hydrogen-bond donors (Lipinski definition) is 0. The van der Waals surface area contributed by atoms with Crippen LogP contribution in [0.25, 0.3) is 0 Å². The highest BCUT2D eigenvalue weighted by Crippen LogP contribution is 1.97. The number of carbonyl (C=O) groups is 1. The molecule has 0 bridgehead atoms. The average Bonchev–Trinajstić information content (AvgIpc) is 1.83. The normalized spacial score (nSPS) is 8.67. The quantitative estimate of drug-likeness (QED) is 0.527. The van der Waals surface area contributed by atoms with Gasteiger partial charge in [-0.3, -0.25) is 4.79 Å². The third-order valence-electron chi connectivity index (χ3n) is 0.499. The van der Waals surface area contributed by atoms with Gasteiger partial charge in [0.05, 0.1) is 0 Å². The largest absolute Gasteiger partial charge is 0.459 e. The second-order valence-corrected chi connectivity index (χ2v) is 2.41. The maximum absolute atomic E-state index is 10.3. The van der Waals surface area contributed by atoms with Crippen LogP contribution in [-0.2, 0) is 9.53 Å². The van der Waals surface area contributed by atoms with Crippen LogP contribution in [0.1, 0.15) is 0 Å². The van der Waals surface area contributed by atoms with Crippen LogP contribution in [-0.4, -0.2) is 17.9 Å². The van der Waals surface area contributed by atoms with Crippen LogP contribution in [0.3, 0.4) is 0 Å². The van der Waals surface area contributed by atoms with E-state index in [4.69, 9.17) is 11.6 Å². The molecule has 52 valence electrons. The Balaban J connectivity index is 3.28. The first-order valence-electron chi connectivity index (χ1n) is 2.21. The van der Waals surface area contributed by atoms with Gasteiger partial charge in [0.15, 0.2) is 0 Å². The molecule has 0 fully saturated rings. The molecule has 0 aliphatic carbocycles. The first-order chi connectivity index (χ1) is 4.16. The van der Waals surface area contributed by atoms with Gasteiger partial charge in [0.1, 0.15) is 11.9 Å². The summed E-state index contributed by atoms with van der Waals surface area (Å²) < 4.78 is 4.54. The number of alkyl halides is 1. The fourth-order valence-corrected chi connectivity index (χ4v) is 0.414. The van der Waals surface area contributed by atoms with Gasteiger partial charge in [0.2, 0.25) is 0 Å². The molecule has 0 saturated carbocycles. The second-order valence-electron chi connectivity index (χ2n) is 1.31. The Bertz CT molecular complexity index is 124. The van der Waals surface area contributed by atoms with Crippen molar-refractivity contribution in [2.24, 2.45) is 0 Å². The molecule has 0 aromatic carbocycles. The van der Waals surface area contributed by atoms with E-state index in [-0.39, 0.29) is 17.9 Å². The summed E-state index contributed by atoms with van der Waals surface area (Å²) in [5, 5.41) is 0.515. The summed E-state index contributed by atoms with van der Waals surface area (Å²) in [5.74, 6) is -0.336. The summed E-state index contributed by atoms with van der Waals surface area (Å²) in [4.78, 5) is 10.3. The monoisotopic (exact) mass is 212 g/mol. The van der Waals surface area contributed by atoms with E-state index in [9.17, 15) is 4.79 Å². The summed E-state index contributed by atoms with van der Waals surface area (Å²) >= 11 is 8.21. The van der Waals surface area contributed by atoms with E-state index >= 15 is 0 Å². The molecule has 0 rings (SSSR count). The van der Waals surface area contributed by atoms with Gasteiger partial charge in [-0.25, -0.2) is 0 Å². The molecule has 2 nitrogen and oxygen atoms in total. The fraction of sp³-hybridized carbons (Fsp3) is 0.400. The standard InChI is InChI=1S/C5H6BrClO2/c1-4(7)3-9-5(8)2-6/h1-3H2. The van der Waals surface area contributed by atoms with Gasteiger partial charge in [-0.15, -0.1) is 0 Å². The molecule has 0 aliphatic rings. The molecule has 0 unspecified atom stereocenters. The number of rotatable bonds is 3. The van der Waals surface area contributed by atoms with Crippen LogP contribution in [0.5, 0.6) is 0 Å². The Morgan fingerprint density at radius 2 is 2.33 bits per heavy atom. The summed E-state index contributed by atoms with van der Waals surface area (Å²) in [5.41, 5.74) is 0. The molecular weight excluding hydrogens is 207 g/mol. The molecule has 0 amide bonds. The van der Waals surface area contributed by atoms with E-state index in [1.165, 1.54) is 0 Å². The minimum Gasteiger partial charge on any atom is -0.459 e. The Kier molecular flexibility index (Phi) is 4.81. The number of ether oxygens (including phenoxy) is 1. The lowest BCUT2D eigenvalue weighted by atomic mass is 10.7. The maximum Gasteiger partial charge on any atom is 0.316 e. The van der Waals surface area contributed by atoms with Gasteiger partial charge in [0.25, 0.3) is 0 Å². The average molecular weight is 213 g/mol. The van der Waals surface area contributed by atoms with Crippen molar-refractivity contribution in [3.63, 3.8) is 0 Å². The summed E-state index contributed by atoms with van der Waals surface area (Å²) in [6, 6.07) is 0. The summed E-state index contributed by atoms with van der Waals surface area (Å²) in [7, 11) is 0. The molecule has 0 radical (unpaired) electrons. The Hall–Kier alpha value is -0.0200. The van der Waals surface area contributed by atoms with Crippen molar-refractivity contribution in [1.29, 1.82) is 0 Å². The molecule has 4 heteroatoms. The van der Waals surface area contributed by atoms with Crippen LogP contribution < -0.4 is 0 Å². The van der Waals surface area contributed by atoms with E-state index in [0.717, 1.165) is 0 Å². The Morgan fingerprint density at radius 3 is 2.67 bits per heavy atom. The third kappa shape index (κ3) is 5.86. The molecule has 9 heavy (non-hydrogen) atoms. The highest BCUT2D eigenvalue weighted by molar-refractivity contribution is 9.09. The second kappa shape index (κ2) is 4.82. The zero-order chi connectivity index (χ0) is 7.28. The smallest absolute Gasteiger partial charge is 0.316 e. The van der Waals surface area contributed by atoms with Crippen molar-refractivity contribution in [3.05, 3.63) is 11.6 Å². The van der Waals surface area contributed by atoms with Crippen LogP contribution in [0.2, 0.25) is 0 Å². The zero-order valence-electron chi connectivity index (χ0n) is 4.69. The van der Waals surface area contributed by atoms with Gasteiger partial charge in [-0.1, -0.05) is 34.1 Å². The molecule has 0 saturated heterocycles. The minimum atomic E-state index is -0.336. The zero-order valence-corrected chi connectivity index (χ0v) is 7.04. The predicted octanol–water partition coefficient (Wildman–Crippen LogP) is 1.68. The lowest BCUT2D eigenvalue weighted by molar-refractivity contribution is -0.139. The summed E-state index contributed by atoms with van der Waals surface area (Å²) in [6.07, 6.45) is 0. The number of esters is 1. The van der Waals surface area contributed by atoms with Gasteiger partial charge in [-0.05, 0) is 0 Å². The first kappa shape index (κ1) is 8.98. The molecule has 0 aromatic heterocycles. The Morgan fingerprint density at radius 1 is 1.78 bits per heavy atom. The third-order valence-corrected chi connectivity index (χ3v) is 1.07. The highest BCUT2D eigenvalue weighted by atomic mass is 79.9. The van der Waals surface area contributed by atoms with Gasteiger partial charge in [-0.2, -0.15) is 0 Å². The van der Waals surface area contributed by atoms with Crippen molar-refractivity contribution < 1.29 is 9.53 Å². The maximum atomic E-state index is 10.3. The van der Waals surface area contributed by atoms with Gasteiger partial charge < -0.3 is 4.74 Å².